The van der Waals surface area contributed by atoms with E-state index < -0.39 is 11.4 Å². The largest absolute Gasteiger partial charge is 0.368 e. The van der Waals surface area contributed by atoms with Crippen LogP contribution in [-0.2, 0) is 10.3 Å². The van der Waals surface area contributed by atoms with E-state index in [1.54, 1.807) is 19.1 Å². The highest BCUT2D eigenvalue weighted by atomic mass is 35.5. The summed E-state index contributed by atoms with van der Waals surface area (Å²) in [6.45, 7) is 9.57. The van der Waals surface area contributed by atoms with Crippen LogP contribution in [0.5, 0.6) is 0 Å². The minimum Gasteiger partial charge on any atom is -0.368 e. The van der Waals surface area contributed by atoms with Gasteiger partial charge in [-0.15, -0.1) is 0 Å². The number of benzene rings is 1. The van der Waals surface area contributed by atoms with Crippen LogP contribution in [0.1, 0.15) is 26.3 Å². The summed E-state index contributed by atoms with van der Waals surface area (Å²) in [5, 5.41) is 3.86. The van der Waals surface area contributed by atoms with E-state index in [1.807, 2.05) is 12.1 Å². The van der Waals surface area contributed by atoms with Crippen LogP contribution in [0.15, 0.2) is 24.3 Å². The summed E-state index contributed by atoms with van der Waals surface area (Å²) in [4.78, 5) is 14.1. The lowest BCUT2D eigenvalue weighted by atomic mass is 9.91. The van der Waals surface area contributed by atoms with E-state index in [0.717, 1.165) is 25.2 Å². The molecule has 0 spiro atoms. The molecule has 0 fully saturated rings. The van der Waals surface area contributed by atoms with Crippen molar-refractivity contribution < 1.29 is 4.79 Å². The number of nitrogens with one attached hydrogen (secondary N) is 1. The maximum Gasteiger partial charge on any atom is 0.242 e. The van der Waals surface area contributed by atoms with Gasteiger partial charge in [0.15, 0.2) is 0 Å². The molecule has 3 N–H and O–H groups in total. The molecule has 0 saturated heterocycles. The van der Waals surface area contributed by atoms with Gasteiger partial charge in [-0.2, -0.15) is 0 Å². The lowest BCUT2D eigenvalue weighted by Gasteiger charge is -2.29. The minimum atomic E-state index is -0.905. The third kappa shape index (κ3) is 4.20. The zero-order valence-electron chi connectivity index (χ0n) is 12.4. The standard InChI is InChI=1S/C15H24ClN3O/c1-4-19(5-2)10-9-18-15(3,14(17)20)12-7-6-8-13(16)11-12/h6-8,11,18H,4-5,9-10H2,1-3H3,(H2,17,20). The molecule has 0 bridgehead atoms. The average Bonchev–Trinajstić information content (AvgIpc) is 2.43. The molecule has 0 heterocycles. The highest BCUT2D eigenvalue weighted by Crippen LogP contribution is 2.23. The third-order valence-corrected chi connectivity index (χ3v) is 3.93. The fourth-order valence-corrected chi connectivity index (χ4v) is 2.33. The molecular weight excluding hydrogens is 274 g/mol. The number of nitrogens with two attached hydrogens (primary N) is 1. The van der Waals surface area contributed by atoms with Crippen molar-refractivity contribution in [3.8, 4) is 0 Å². The lowest BCUT2D eigenvalue weighted by molar-refractivity contribution is -0.124. The van der Waals surface area contributed by atoms with E-state index in [1.165, 1.54) is 0 Å². The SMILES string of the molecule is CCN(CC)CCNC(C)(C(N)=O)c1cccc(Cl)c1. The number of rotatable bonds is 8. The van der Waals surface area contributed by atoms with E-state index in [4.69, 9.17) is 17.3 Å². The molecule has 0 aliphatic heterocycles. The summed E-state index contributed by atoms with van der Waals surface area (Å²) in [6, 6.07) is 7.24. The van der Waals surface area contributed by atoms with Crippen LogP contribution in [0.25, 0.3) is 0 Å². The number of hydrogen-bond donors (Lipinski definition) is 2. The lowest BCUT2D eigenvalue weighted by Crippen LogP contribution is -2.52. The summed E-state index contributed by atoms with van der Waals surface area (Å²) in [5.41, 5.74) is 5.46. The topological polar surface area (TPSA) is 58.4 Å². The monoisotopic (exact) mass is 297 g/mol. The fraction of sp³-hybridized carbons (Fsp3) is 0.533. The molecule has 4 nitrogen and oxygen atoms in total. The number of amides is 1. The van der Waals surface area contributed by atoms with E-state index in [2.05, 4.69) is 24.1 Å². The molecule has 1 rings (SSSR count). The Morgan fingerprint density at radius 3 is 2.55 bits per heavy atom. The van der Waals surface area contributed by atoms with Gasteiger partial charge in [-0.3, -0.25) is 10.1 Å². The molecule has 1 unspecified atom stereocenters. The molecular formula is C15H24ClN3O. The summed E-state index contributed by atoms with van der Waals surface area (Å²) in [6.07, 6.45) is 0. The molecule has 1 aromatic carbocycles. The van der Waals surface area contributed by atoms with Gasteiger partial charge in [-0.1, -0.05) is 37.6 Å². The Morgan fingerprint density at radius 2 is 2.05 bits per heavy atom. The Labute approximate surface area is 126 Å². The summed E-state index contributed by atoms with van der Waals surface area (Å²) >= 11 is 6.00. The Hall–Kier alpha value is -1.10. The van der Waals surface area contributed by atoms with Gasteiger partial charge in [-0.05, 0) is 37.7 Å². The maximum atomic E-state index is 11.9. The minimum absolute atomic E-state index is 0.403. The van der Waals surface area contributed by atoms with Crippen molar-refractivity contribution in [1.29, 1.82) is 0 Å². The fourth-order valence-electron chi connectivity index (χ4n) is 2.13. The molecule has 0 aliphatic carbocycles. The summed E-state index contributed by atoms with van der Waals surface area (Å²) < 4.78 is 0. The van der Waals surface area contributed by atoms with Gasteiger partial charge >= 0.3 is 0 Å². The maximum absolute atomic E-state index is 11.9. The molecule has 0 aromatic heterocycles. The van der Waals surface area contributed by atoms with Crippen molar-refractivity contribution in [3.63, 3.8) is 0 Å². The van der Waals surface area contributed by atoms with Gasteiger partial charge in [0.2, 0.25) is 5.91 Å². The third-order valence-electron chi connectivity index (χ3n) is 3.70. The van der Waals surface area contributed by atoms with Crippen LogP contribution in [0.2, 0.25) is 5.02 Å². The van der Waals surface area contributed by atoms with Crippen molar-refractivity contribution in [2.45, 2.75) is 26.3 Å². The van der Waals surface area contributed by atoms with E-state index in [0.29, 0.717) is 11.6 Å². The van der Waals surface area contributed by atoms with Gasteiger partial charge in [0.25, 0.3) is 0 Å². The second-order valence-corrected chi connectivity index (χ2v) is 5.39. The van der Waals surface area contributed by atoms with Crippen LogP contribution < -0.4 is 11.1 Å². The molecule has 5 heteroatoms. The molecule has 0 saturated carbocycles. The summed E-state index contributed by atoms with van der Waals surface area (Å²) in [5.74, 6) is -0.403. The summed E-state index contributed by atoms with van der Waals surface area (Å²) in [7, 11) is 0. The second kappa shape index (κ2) is 7.62. The molecule has 1 atom stereocenters. The number of carbonyl (C=O) groups excluding carboxylic acids is 1. The second-order valence-electron chi connectivity index (χ2n) is 4.95. The van der Waals surface area contributed by atoms with Gasteiger partial charge < -0.3 is 10.6 Å². The molecule has 1 aromatic rings. The number of likely N-dealkylation sites (N-methyl/N-ethyl adjacent to an activating group) is 1. The van der Waals surface area contributed by atoms with E-state index >= 15 is 0 Å². The molecule has 0 aliphatic rings. The molecule has 0 radical (unpaired) electrons. The average molecular weight is 298 g/mol. The van der Waals surface area contributed by atoms with E-state index in [9.17, 15) is 4.79 Å². The zero-order valence-corrected chi connectivity index (χ0v) is 13.2. The Balaban J connectivity index is 2.80. The Kier molecular flexibility index (Phi) is 6.46. The van der Waals surface area contributed by atoms with Crippen LogP contribution in [0.3, 0.4) is 0 Å². The number of carbonyl (C=O) groups is 1. The predicted octanol–water partition coefficient (Wildman–Crippen LogP) is 1.97. The van der Waals surface area contributed by atoms with Gasteiger partial charge in [0.05, 0.1) is 0 Å². The number of nitrogens with zero attached hydrogens (tertiary/aromatic N) is 1. The normalized spacial score (nSPS) is 14.2. The number of halogens is 1. The quantitative estimate of drug-likeness (QED) is 0.771. The molecule has 1 amide bonds. The first-order valence-electron chi connectivity index (χ1n) is 6.97. The highest BCUT2D eigenvalue weighted by molar-refractivity contribution is 6.30. The van der Waals surface area contributed by atoms with Gasteiger partial charge in [-0.25, -0.2) is 0 Å². The van der Waals surface area contributed by atoms with Crippen molar-refractivity contribution in [2.75, 3.05) is 26.2 Å². The first kappa shape index (κ1) is 17.0. The van der Waals surface area contributed by atoms with Crippen LogP contribution in [0, 0.1) is 0 Å². The first-order valence-corrected chi connectivity index (χ1v) is 7.35. The van der Waals surface area contributed by atoms with Gasteiger partial charge in [0, 0.05) is 18.1 Å². The van der Waals surface area contributed by atoms with E-state index in [-0.39, 0.29) is 0 Å². The predicted molar refractivity (Wildman–Crippen MR) is 83.8 cm³/mol. The van der Waals surface area contributed by atoms with Crippen molar-refractivity contribution in [1.82, 2.24) is 10.2 Å². The highest BCUT2D eigenvalue weighted by Gasteiger charge is 2.32. The zero-order chi connectivity index (χ0) is 15.2. The van der Waals surface area contributed by atoms with Crippen molar-refractivity contribution in [3.05, 3.63) is 34.9 Å². The van der Waals surface area contributed by atoms with Gasteiger partial charge in [0.1, 0.15) is 5.54 Å². The van der Waals surface area contributed by atoms with Crippen molar-refractivity contribution in [2.24, 2.45) is 5.73 Å². The molecule has 112 valence electrons. The first-order chi connectivity index (χ1) is 9.43. The molecule has 20 heavy (non-hydrogen) atoms. The van der Waals surface area contributed by atoms with Crippen LogP contribution in [0.4, 0.5) is 0 Å². The number of hydrogen-bond acceptors (Lipinski definition) is 3. The van der Waals surface area contributed by atoms with Crippen LogP contribution >= 0.6 is 11.6 Å². The smallest absolute Gasteiger partial charge is 0.242 e. The Bertz CT molecular complexity index is 448. The number of primary amides is 1. The Morgan fingerprint density at radius 1 is 1.40 bits per heavy atom. The van der Waals surface area contributed by atoms with Crippen LogP contribution in [-0.4, -0.2) is 37.0 Å². The van der Waals surface area contributed by atoms with Crippen molar-refractivity contribution >= 4 is 17.5 Å².